The maximum absolute atomic E-state index is 10.2. The molecule has 3 nitrogen and oxygen atoms in total. The van der Waals surface area contributed by atoms with Gasteiger partial charge in [0, 0.05) is 4.47 Å². The molecule has 0 fully saturated rings. The van der Waals surface area contributed by atoms with Gasteiger partial charge in [-0.15, -0.1) is 0 Å². The Labute approximate surface area is 84.5 Å². The van der Waals surface area contributed by atoms with Crippen LogP contribution in [0.25, 0.3) is 0 Å². The van der Waals surface area contributed by atoms with Gasteiger partial charge in [0.1, 0.15) is 5.75 Å². The quantitative estimate of drug-likeness (QED) is 0.885. The smallest absolute Gasteiger partial charge is 0.306 e. The van der Waals surface area contributed by atoms with E-state index < -0.39 is 5.97 Å². The fraction of sp³-hybridized carbons (Fsp3) is 0.222. The lowest BCUT2D eigenvalue weighted by Gasteiger charge is -2.03. The van der Waals surface area contributed by atoms with E-state index in [2.05, 4.69) is 15.9 Å². The summed E-state index contributed by atoms with van der Waals surface area (Å²) in [6.45, 7) is 0.200. The molecule has 0 aromatic heterocycles. The third kappa shape index (κ3) is 3.94. The van der Waals surface area contributed by atoms with Gasteiger partial charge in [0.2, 0.25) is 0 Å². The van der Waals surface area contributed by atoms with Gasteiger partial charge in [0.05, 0.1) is 13.0 Å². The Kier molecular flexibility index (Phi) is 3.76. The average molecular weight is 245 g/mol. The average Bonchev–Trinajstić information content (AvgIpc) is 2.03. The predicted octanol–water partition coefficient (Wildman–Crippen LogP) is 2.30. The zero-order chi connectivity index (χ0) is 9.68. The molecule has 0 heterocycles. The molecule has 0 saturated heterocycles. The van der Waals surface area contributed by atoms with Crippen LogP contribution in [0.3, 0.4) is 0 Å². The number of hydrogen-bond acceptors (Lipinski definition) is 2. The number of carboxylic acids is 1. The van der Waals surface area contributed by atoms with E-state index in [1.807, 2.05) is 12.1 Å². The molecular formula is C9H9BrO3. The molecule has 13 heavy (non-hydrogen) atoms. The molecule has 0 radical (unpaired) electrons. The summed E-state index contributed by atoms with van der Waals surface area (Å²) in [4.78, 5) is 10.2. The molecule has 0 aliphatic carbocycles. The van der Waals surface area contributed by atoms with Crippen LogP contribution in [0, 0.1) is 0 Å². The van der Waals surface area contributed by atoms with E-state index in [1.54, 1.807) is 12.1 Å². The zero-order valence-corrected chi connectivity index (χ0v) is 8.45. The summed E-state index contributed by atoms with van der Waals surface area (Å²) in [5.41, 5.74) is 0. The second-order valence-electron chi connectivity index (χ2n) is 2.45. The lowest BCUT2D eigenvalue weighted by atomic mass is 10.3. The number of aliphatic carboxylic acids is 1. The van der Waals surface area contributed by atoms with Gasteiger partial charge < -0.3 is 9.84 Å². The standard InChI is InChI=1S/C9H9BrO3/c10-7-2-1-3-8(6-7)13-5-4-9(11)12/h1-3,6H,4-5H2,(H,11,12). The number of hydrogen-bond donors (Lipinski definition) is 1. The van der Waals surface area contributed by atoms with Gasteiger partial charge in [-0.3, -0.25) is 4.79 Å². The van der Waals surface area contributed by atoms with Gasteiger partial charge >= 0.3 is 5.97 Å². The third-order valence-electron chi connectivity index (χ3n) is 1.38. The summed E-state index contributed by atoms with van der Waals surface area (Å²) >= 11 is 3.29. The summed E-state index contributed by atoms with van der Waals surface area (Å²) in [6.07, 6.45) is 0.0204. The van der Waals surface area contributed by atoms with Crippen LogP contribution in [0.5, 0.6) is 5.75 Å². The molecular weight excluding hydrogens is 236 g/mol. The minimum atomic E-state index is -0.852. The van der Waals surface area contributed by atoms with Gasteiger partial charge in [0.25, 0.3) is 0 Å². The van der Waals surface area contributed by atoms with E-state index in [-0.39, 0.29) is 13.0 Å². The molecule has 1 aromatic rings. The molecule has 70 valence electrons. The minimum Gasteiger partial charge on any atom is -0.493 e. The minimum absolute atomic E-state index is 0.0204. The Morgan fingerprint density at radius 1 is 1.54 bits per heavy atom. The molecule has 0 bridgehead atoms. The first-order valence-corrected chi connectivity index (χ1v) is 4.58. The third-order valence-corrected chi connectivity index (χ3v) is 1.87. The van der Waals surface area contributed by atoms with Gasteiger partial charge in [-0.1, -0.05) is 22.0 Å². The van der Waals surface area contributed by atoms with Crippen LogP contribution in [-0.2, 0) is 4.79 Å². The first-order valence-electron chi connectivity index (χ1n) is 3.78. The zero-order valence-electron chi connectivity index (χ0n) is 6.87. The highest BCUT2D eigenvalue weighted by Gasteiger charge is 1.98. The van der Waals surface area contributed by atoms with Crippen LogP contribution in [0.4, 0.5) is 0 Å². The molecule has 1 rings (SSSR count). The molecule has 1 aromatic carbocycles. The van der Waals surface area contributed by atoms with Crippen molar-refractivity contribution in [3.63, 3.8) is 0 Å². The van der Waals surface area contributed by atoms with E-state index in [9.17, 15) is 4.79 Å². The maximum atomic E-state index is 10.2. The Morgan fingerprint density at radius 3 is 2.92 bits per heavy atom. The fourth-order valence-electron chi connectivity index (χ4n) is 0.813. The highest BCUT2D eigenvalue weighted by molar-refractivity contribution is 9.10. The highest BCUT2D eigenvalue weighted by atomic mass is 79.9. The first kappa shape index (κ1) is 10.1. The van der Waals surface area contributed by atoms with Crippen molar-refractivity contribution in [2.24, 2.45) is 0 Å². The van der Waals surface area contributed by atoms with Gasteiger partial charge in [0.15, 0.2) is 0 Å². The van der Waals surface area contributed by atoms with Gasteiger partial charge in [-0.25, -0.2) is 0 Å². The summed E-state index contributed by atoms with van der Waals surface area (Å²) in [5, 5.41) is 8.36. The lowest BCUT2D eigenvalue weighted by Crippen LogP contribution is -2.04. The second-order valence-corrected chi connectivity index (χ2v) is 3.37. The first-order chi connectivity index (χ1) is 6.18. The van der Waals surface area contributed by atoms with Crippen molar-refractivity contribution in [3.8, 4) is 5.75 Å². The summed E-state index contributed by atoms with van der Waals surface area (Å²) in [5.74, 6) is -0.175. The molecule has 4 heteroatoms. The second kappa shape index (κ2) is 4.87. The van der Waals surface area contributed by atoms with E-state index in [0.29, 0.717) is 5.75 Å². The number of carboxylic acid groups (broad SMARTS) is 1. The van der Waals surface area contributed by atoms with E-state index in [0.717, 1.165) is 4.47 Å². The van der Waals surface area contributed by atoms with Crippen molar-refractivity contribution < 1.29 is 14.6 Å². The Hall–Kier alpha value is -1.03. The van der Waals surface area contributed by atoms with Crippen LogP contribution in [0.2, 0.25) is 0 Å². The van der Waals surface area contributed by atoms with E-state index in [4.69, 9.17) is 9.84 Å². The Balaban J connectivity index is 2.41. The van der Waals surface area contributed by atoms with Crippen molar-refractivity contribution in [1.82, 2.24) is 0 Å². The Morgan fingerprint density at radius 2 is 2.31 bits per heavy atom. The molecule has 1 N–H and O–H groups in total. The monoisotopic (exact) mass is 244 g/mol. The van der Waals surface area contributed by atoms with Crippen molar-refractivity contribution in [2.75, 3.05) is 6.61 Å². The van der Waals surface area contributed by atoms with E-state index in [1.165, 1.54) is 0 Å². The van der Waals surface area contributed by atoms with Gasteiger partial charge in [-0.05, 0) is 18.2 Å². The molecule has 0 aliphatic heterocycles. The van der Waals surface area contributed by atoms with Crippen molar-refractivity contribution >= 4 is 21.9 Å². The van der Waals surface area contributed by atoms with Gasteiger partial charge in [-0.2, -0.15) is 0 Å². The predicted molar refractivity (Wildman–Crippen MR) is 51.9 cm³/mol. The SMILES string of the molecule is O=C(O)CCOc1cccc(Br)c1. The maximum Gasteiger partial charge on any atom is 0.306 e. The number of carbonyl (C=O) groups is 1. The van der Waals surface area contributed by atoms with Crippen LogP contribution in [0.15, 0.2) is 28.7 Å². The molecule has 0 aliphatic rings. The number of ether oxygens (including phenoxy) is 1. The lowest BCUT2D eigenvalue weighted by molar-refractivity contribution is -0.137. The number of rotatable bonds is 4. The normalized spacial score (nSPS) is 9.62. The summed E-state index contributed by atoms with van der Waals surface area (Å²) in [7, 11) is 0. The van der Waals surface area contributed by atoms with Crippen molar-refractivity contribution in [1.29, 1.82) is 0 Å². The largest absolute Gasteiger partial charge is 0.493 e. The number of halogens is 1. The summed E-state index contributed by atoms with van der Waals surface area (Å²) in [6, 6.07) is 7.29. The Bertz CT molecular complexity index is 299. The van der Waals surface area contributed by atoms with Crippen LogP contribution in [-0.4, -0.2) is 17.7 Å². The summed E-state index contributed by atoms with van der Waals surface area (Å²) < 4.78 is 6.10. The molecule has 0 unspecified atom stereocenters. The van der Waals surface area contributed by atoms with Crippen LogP contribution < -0.4 is 4.74 Å². The fourth-order valence-corrected chi connectivity index (χ4v) is 1.19. The van der Waals surface area contributed by atoms with Crippen LogP contribution >= 0.6 is 15.9 Å². The van der Waals surface area contributed by atoms with E-state index >= 15 is 0 Å². The van der Waals surface area contributed by atoms with Crippen molar-refractivity contribution in [3.05, 3.63) is 28.7 Å². The molecule has 0 amide bonds. The highest BCUT2D eigenvalue weighted by Crippen LogP contribution is 2.17. The number of benzene rings is 1. The molecule has 0 atom stereocenters. The molecule has 0 saturated carbocycles. The topological polar surface area (TPSA) is 46.5 Å². The molecule has 0 spiro atoms. The van der Waals surface area contributed by atoms with Crippen molar-refractivity contribution in [2.45, 2.75) is 6.42 Å². The van der Waals surface area contributed by atoms with Crippen LogP contribution in [0.1, 0.15) is 6.42 Å².